The van der Waals surface area contributed by atoms with E-state index >= 15 is 0 Å². The van der Waals surface area contributed by atoms with E-state index in [0.717, 1.165) is 17.1 Å². The molecule has 56 heavy (non-hydrogen) atoms. The van der Waals surface area contributed by atoms with Crippen LogP contribution in [0.2, 0.25) is 0 Å². The summed E-state index contributed by atoms with van der Waals surface area (Å²) in [5.41, 5.74) is 10.6. The fourth-order valence-electron chi connectivity index (χ4n) is 8.45. The number of benzene rings is 10. The zero-order valence-electron chi connectivity index (χ0n) is 30.6. The van der Waals surface area contributed by atoms with E-state index in [1.807, 2.05) is 11.3 Å². The average Bonchev–Trinajstić information content (AvgIpc) is 3.62. The minimum Gasteiger partial charge on any atom is -0.310 e. The lowest BCUT2D eigenvalue weighted by Gasteiger charge is -2.26. The first-order valence-corrected chi connectivity index (χ1v) is 20.0. The molecule has 0 aliphatic carbocycles. The van der Waals surface area contributed by atoms with E-state index in [4.69, 9.17) is 0 Å². The van der Waals surface area contributed by atoms with Crippen molar-refractivity contribution in [3.05, 3.63) is 212 Å². The Morgan fingerprint density at radius 3 is 1.66 bits per heavy atom. The molecular weight excluding hydrogens is 695 g/mol. The van der Waals surface area contributed by atoms with E-state index in [-0.39, 0.29) is 0 Å². The molecule has 1 nitrogen and oxygen atoms in total. The quantitative estimate of drug-likeness (QED) is 0.154. The van der Waals surface area contributed by atoms with Crippen molar-refractivity contribution in [3.8, 4) is 33.4 Å². The fourth-order valence-corrected chi connectivity index (χ4v) is 9.57. The van der Waals surface area contributed by atoms with Crippen LogP contribution in [0.1, 0.15) is 0 Å². The van der Waals surface area contributed by atoms with Gasteiger partial charge in [0.25, 0.3) is 0 Å². The molecule has 0 amide bonds. The Morgan fingerprint density at radius 1 is 0.268 bits per heavy atom. The number of anilines is 3. The highest BCUT2D eigenvalue weighted by Gasteiger charge is 2.17. The first kappa shape index (κ1) is 32.4. The SMILES string of the molecule is c1ccc(-c2ccc(N(c3cccc(-c4cccc(-c5cc6ccccc6c6ccccc56)c4)c3)c3ccc4sc5cc6ccccc6cc5c4c3)cc2)cc1. The van der Waals surface area contributed by atoms with E-state index in [9.17, 15) is 0 Å². The molecule has 10 aromatic carbocycles. The van der Waals surface area contributed by atoms with Crippen LogP contribution in [0, 0.1) is 0 Å². The van der Waals surface area contributed by atoms with Crippen LogP contribution in [0.4, 0.5) is 17.1 Å². The summed E-state index contributed by atoms with van der Waals surface area (Å²) in [6.07, 6.45) is 0. The van der Waals surface area contributed by atoms with Crippen LogP contribution in [0.25, 0.3) is 85.9 Å². The van der Waals surface area contributed by atoms with Gasteiger partial charge < -0.3 is 4.90 Å². The summed E-state index contributed by atoms with van der Waals surface area (Å²) in [6.45, 7) is 0. The van der Waals surface area contributed by atoms with Gasteiger partial charge in [0.2, 0.25) is 0 Å². The molecule has 2 heteroatoms. The van der Waals surface area contributed by atoms with Crippen LogP contribution in [0.3, 0.4) is 0 Å². The Morgan fingerprint density at radius 2 is 0.839 bits per heavy atom. The first-order valence-electron chi connectivity index (χ1n) is 19.2. The number of rotatable bonds is 6. The molecule has 11 aromatic rings. The fraction of sp³-hybridized carbons (Fsp3) is 0. The van der Waals surface area contributed by atoms with Crippen LogP contribution in [-0.4, -0.2) is 0 Å². The van der Waals surface area contributed by atoms with Crippen LogP contribution >= 0.6 is 11.3 Å². The van der Waals surface area contributed by atoms with E-state index < -0.39 is 0 Å². The molecule has 0 atom stereocenters. The Hall–Kier alpha value is -7.00. The van der Waals surface area contributed by atoms with Crippen molar-refractivity contribution in [2.75, 3.05) is 4.90 Å². The second-order valence-corrected chi connectivity index (χ2v) is 15.6. The van der Waals surface area contributed by atoms with Gasteiger partial charge in [-0.25, -0.2) is 0 Å². The number of hydrogen-bond donors (Lipinski definition) is 0. The summed E-state index contributed by atoms with van der Waals surface area (Å²) in [6, 6.07) is 77.8. The van der Waals surface area contributed by atoms with Crippen molar-refractivity contribution in [2.45, 2.75) is 0 Å². The minimum atomic E-state index is 1.11. The molecule has 0 aliphatic rings. The van der Waals surface area contributed by atoms with Gasteiger partial charge in [-0.1, -0.05) is 146 Å². The van der Waals surface area contributed by atoms with Gasteiger partial charge >= 0.3 is 0 Å². The third-order valence-corrected chi connectivity index (χ3v) is 12.3. The van der Waals surface area contributed by atoms with Crippen molar-refractivity contribution in [3.63, 3.8) is 0 Å². The maximum atomic E-state index is 2.41. The molecule has 0 spiro atoms. The van der Waals surface area contributed by atoms with Crippen LogP contribution < -0.4 is 4.90 Å². The summed E-state index contributed by atoms with van der Waals surface area (Å²) in [4.78, 5) is 2.41. The molecule has 0 aliphatic heterocycles. The van der Waals surface area contributed by atoms with E-state index in [1.165, 1.54) is 85.9 Å². The summed E-state index contributed by atoms with van der Waals surface area (Å²) in [7, 11) is 0. The third kappa shape index (κ3) is 5.62. The summed E-state index contributed by atoms with van der Waals surface area (Å²) < 4.78 is 2.61. The van der Waals surface area contributed by atoms with Crippen LogP contribution in [0.5, 0.6) is 0 Å². The van der Waals surface area contributed by atoms with Crippen LogP contribution in [-0.2, 0) is 0 Å². The van der Waals surface area contributed by atoms with Gasteiger partial charge in [-0.3, -0.25) is 0 Å². The molecule has 0 N–H and O–H groups in total. The minimum absolute atomic E-state index is 1.11. The highest BCUT2D eigenvalue weighted by Crippen LogP contribution is 2.43. The van der Waals surface area contributed by atoms with Crippen molar-refractivity contribution < 1.29 is 0 Å². The second kappa shape index (κ2) is 13.4. The largest absolute Gasteiger partial charge is 0.310 e. The molecule has 0 radical (unpaired) electrons. The summed E-state index contributed by atoms with van der Waals surface area (Å²) in [5.74, 6) is 0. The molecular formula is C54H35NS. The number of thiophene rings is 1. The molecule has 0 saturated carbocycles. The van der Waals surface area contributed by atoms with Crippen molar-refractivity contribution in [2.24, 2.45) is 0 Å². The lowest BCUT2D eigenvalue weighted by atomic mass is 9.92. The molecule has 0 bridgehead atoms. The zero-order valence-corrected chi connectivity index (χ0v) is 31.4. The van der Waals surface area contributed by atoms with E-state index in [0.29, 0.717) is 0 Å². The maximum absolute atomic E-state index is 2.41. The predicted molar refractivity (Wildman–Crippen MR) is 243 cm³/mol. The highest BCUT2D eigenvalue weighted by atomic mass is 32.1. The van der Waals surface area contributed by atoms with Crippen molar-refractivity contribution in [1.82, 2.24) is 0 Å². The molecule has 262 valence electrons. The van der Waals surface area contributed by atoms with Gasteiger partial charge in [-0.2, -0.15) is 0 Å². The Bertz CT molecular complexity index is 3250. The topological polar surface area (TPSA) is 3.24 Å². The first-order chi connectivity index (χ1) is 27.7. The lowest BCUT2D eigenvalue weighted by Crippen LogP contribution is -2.10. The van der Waals surface area contributed by atoms with Gasteiger partial charge in [0.1, 0.15) is 0 Å². The maximum Gasteiger partial charge on any atom is 0.0468 e. The van der Waals surface area contributed by atoms with Crippen molar-refractivity contribution >= 4 is 80.9 Å². The number of hydrogen-bond acceptors (Lipinski definition) is 2. The molecule has 1 heterocycles. The molecule has 0 fully saturated rings. The molecule has 0 unspecified atom stereocenters. The van der Waals surface area contributed by atoms with Gasteiger partial charge in [0, 0.05) is 37.2 Å². The standard InChI is InChI=1S/C54H35NS/c1-2-12-36(13-3-1)37-24-26-44(27-25-37)55(46-28-29-53-52(35-46)51-32-40-14-4-5-15-41(40)34-54(51)56-53)45-20-11-18-39(31-45)38-17-10-19-42(30-38)50-33-43-16-6-7-21-47(43)48-22-8-9-23-49(48)50/h1-35H. The van der Waals surface area contributed by atoms with Crippen LogP contribution in [0.15, 0.2) is 212 Å². The van der Waals surface area contributed by atoms with Gasteiger partial charge in [0.05, 0.1) is 0 Å². The highest BCUT2D eigenvalue weighted by molar-refractivity contribution is 7.25. The number of fused-ring (bicyclic) bond motifs is 7. The third-order valence-electron chi connectivity index (χ3n) is 11.2. The normalized spacial score (nSPS) is 11.6. The summed E-state index contributed by atoms with van der Waals surface area (Å²) in [5, 5.41) is 10.2. The Kier molecular flexibility index (Phi) is 7.75. The second-order valence-electron chi connectivity index (χ2n) is 14.5. The smallest absolute Gasteiger partial charge is 0.0468 e. The lowest BCUT2D eigenvalue weighted by molar-refractivity contribution is 1.29. The zero-order chi connectivity index (χ0) is 37.0. The predicted octanol–water partition coefficient (Wildman–Crippen LogP) is 16.0. The monoisotopic (exact) mass is 729 g/mol. The Balaban J connectivity index is 1.05. The van der Waals surface area contributed by atoms with E-state index in [1.54, 1.807) is 0 Å². The summed E-state index contributed by atoms with van der Waals surface area (Å²) >= 11 is 1.87. The molecule has 11 rings (SSSR count). The van der Waals surface area contributed by atoms with Gasteiger partial charge in [0.15, 0.2) is 0 Å². The van der Waals surface area contributed by atoms with Gasteiger partial charge in [-0.05, 0) is 132 Å². The molecule has 1 aromatic heterocycles. The number of nitrogens with zero attached hydrogens (tertiary/aromatic N) is 1. The van der Waals surface area contributed by atoms with E-state index in [2.05, 4.69) is 217 Å². The Labute approximate surface area is 330 Å². The van der Waals surface area contributed by atoms with Gasteiger partial charge in [-0.15, -0.1) is 11.3 Å². The molecule has 0 saturated heterocycles. The van der Waals surface area contributed by atoms with Crippen molar-refractivity contribution in [1.29, 1.82) is 0 Å². The average molecular weight is 730 g/mol.